The van der Waals surface area contributed by atoms with Gasteiger partial charge in [0.15, 0.2) is 0 Å². The summed E-state index contributed by atoms with van der Waals surface area (Å²) in [4.78, 5) is 0. The van der Waals surface area contributed by atoms with Crippen LogP contribution in [0.4, 0.5) is 0 Å². The highest BCUT2D eigenvalue weighted by Crippen LogP contribution is 2.23. The molecule has 0 aliphatic carbocycles. The zero-order valence-corrected chi connectivity index (χ0v) is 12.4. The third-order valence-electron chi connectivity index (χ3n) is 3.79. The average molecular weight is 279 g/mol. The van der Waals surface area contributed by atoms with E-state index in [9.17, 15) is 5.11 Å². The first-order chi connectivity index (χ1) is 9.35. The van der Waals surface area contributed by atoms with Crippen LogP contribution in [0.5, 0.6) is 0 Å². The molecule has 1 unspecified atom stereocenters. The lowest BCUT2D eigenvalue weighted by atomic mass is 9.87. The summed E-state index contributed by atoms with van der Waals surface area (Å²) in [6.45, 7) is 6.44. The summed E-state index contributed by atoms with van der Waals surface area (Å²) in [6.07, 6.45) is 0.700. The molecule has 0 aliphatic rings. The summed E-state index contributed by atoms with van der Waals surface area (Å²) >= 11 is 0. The third-order valence-corrected chi connectivity index (χ3v) is 3.79. The van der Waals surface area contributed by atoms with E-state index in [4.69, 9.17) is 10.9 Å². The maximum atomic E-state index is 9.67. The third kappa shape index (κ3) is 3.95. The van der Waals surface area contributed by atoms with Crippen LogP contribution in [-0.4, -0.2) is 29.3 Å². The number of nitrogens with one attached hydrogen (secondary N) is 1. The number of hydrogen-bond donors (Lipinski definition) is 4. The molecule has 1 aromatic carbocycles. The van der Waals surface area contributed by atoms with E-state index in [1.54, 1.807) is 0 Å². The van der Waals surface area contributed by atoms with Gasteiger partial charge >= 0.3 is 0 Å². The Bertz CT molecular complexity index is 446. The van der Waals surface area contributed by atoms with Gasteiger partial charge in [-0.15, -0.1) is 0 Å². The quantitative estimate of drug-likeness (QED) is 0.264. The van der Waals surface area contributed by atoms with Gasteiger partial charge in [0.05, 0.1) is 12.1 Å². The van der Waals surface area contributed by atoms with Crippen molar-refractivity contribution < 1.29 is 10.3 Å². The summed E-state index contributed by atoms with van der Waals surface area (Å²) in [7, 11) is 0. The molecule has 0 radical (unpaired) electrons. The number of aliphatic hydroxyl groups excluding tert-OH is 1. The Morgan fingerprint density at radius 3 is 2.35 bits per heavy atom. The minimum atomic E-state index is -0.498. The van der Waals surface area contributed by atoms with Crippen molar-refractivity contribution in [3.63, 3.8) is 0 Å². The standard InChI is InChI=1S/C15H25N3O2/c1-14(2,13(16)18-20)9-10-17-15(3,11-19)12-7-5-4-6-8-12/h4-8,17,19-20H,9-11H2,1-3H3,(H2,16,18). The molecule has 0 saturated heterocycles. The van der Waals surface area contributed by atoms with E-state index in [1.165, 1.54) is 0 Å². The maximum absolute atomic E-state index is 9.67. The van der Waals surface area contributed by atoms with Gasteiger partial charge in [0, 0.05) is 5.41 Å². The predicted octanol–water partition coefficient (Wildman–Crippen LogP) is 1.65. The van der Waals surface area contributed by atoms with E-state index in [1.807, 2.05) is 51.1 Å². The minimum absolute atomic E-state index is 0.00101. The van der Waals surface area contributed by atoms with Gasteiger partial charge in [-0.1, -0.05) is 49.3 Å². The summed E-state index contributed by atoms with van der Waals surface area (Å²) < 4.78 is 0. The molecule has 5 heteroatoms. The Labute approximate surface area is 120 Å². The number of rotatable bonds is 7. The van der Waals surface area contributed by atoms with Gasteiger partial charge in [-0.2, -0.15) is 0 Å². The fourth-order valence-electron chi connectivity index (χ4n) is 1.97. The van der Waals surface area contributed by atoms with Crippen molar-refractivity contribution in [1.29, 1.82) is 0 Å². The topological polar surface area (TPSA) is 90.9 Å². The summed E-state index contributed by atoms with van der Waals surface area (Å²) in [5.41, 5.74) is 5.81. The number of oxime groups is 1. The Morgan fingerprint density at radius 2 is 1.85 bits per heavy atom. The molecule has 0 bridgehead atoms. The van der Waals surface area contributed by atoms with Crippen molar-refractivity contribution in [3.05, 3.63) is 35.9 Å². The SMILES string of the molecule is CC(C)(CCNC(C)(CO)c1ccccc1)/C(N)=N/O. The highest BCUT2D eigenvalue weighted by molar-refractivity contribution is 5.85. The monoisotopic (exact) mass is 279 g/mol. The normalized spacial score (nSPS) is 15.9. The Balaban J connectivity index is 2.67. The summed E-state index contributed by atoms with van der Waals surface area (Å²) in [5.74, 6) is 0.213. The van der Waals surface area contributed by atoms with E-state index >= 15 is 0 Å². The zero-order chi connectivity index (χ0) is 15.2. The molecule has 0 amide bonds. The maximum Gasteiger partial charge on any atom is 0.144 e. The van der Waals surface area contributed by atoms with Gasteiger partial charge in [0.2, 0.25) is 0 Å². The Hall–Kier alpha value is -1.59. The van der Waals surface area contributed by atoms with Gasteiger partial charge in [-0.25, -0.2) is 0 Å². The molecule has 5 N–H and O–H groups in total. The van der Waals surface area contributed by atoms with Crippen LogP contribution in [0.15, 0.2) is 35.5 Å². The number of benzene rings is 1. The predicted molar refractivity (Wildman–Crippen MR) is 80.7 cm³/mol. The second-order valence-corrected chi connectivity index (χ2v) is 5.90. The minimum Gasteiger partial charge on any atom is -0.409 e. The Kier molecular flexibility index (Phi) is 5.53. The zero-order valence-electron chi connectivity index (χ0n) is 12.4. The first-order valence-electron chi connectivity index (χ1n) is 6.75. The molecule has 5 nitrogen and oxygen atoms in total. The fraction of sp³-hybridized carbons (Fsp3) is 0.533. The summed E-state index contributed by atoms with van der Waals surface area (Å²) in [5, 5.41) is 24.9. The smallest absolute Gasteiger partial charge is 0.144 e. The second-order valence-electron chi connectivity index (χ2n) is 5.90. The van der Waals surface area contributed by atoms with Gasteiger partial charge in [-0.3, -0.25) is 0 Å². The molecular formula is C15H25N3O2. The van der Waals surface area contributed by atoms with Crippen molar-refractivity contribution in [1.82, 2.24) is 5.32 Å². The molecule has 1 rings (SSSR count). The number of amidine groups is 1. The molecule has 1 aromatic rings. The van der Waals surface area contributed by atoms with Gasteiger partial charge in [0.1, 0.15) is 5.84 Å². The van der Waals surface area contributed by atoms with Crippen molar-refractivity contribution in [2.75, 3.05) is 13.2 Å². The number of nitrogens with two attached hydrogens (primary N) is 1. The van der Waals surface area contributed by atoms with Gasteiger partial charge < -0.3 is 21.4 Å². The molecule has 20 heavy (non-hydrogen) atoms. The lowest BCUT2D eigenvalue weighted by Crippen LogP contribution is -2.45. The highest BCUT2D eigenvalue weighted by atomic mass is 16.4. The molecular weight excluding hydrogens is 254 g/mol. The van der Waals surface area contributed by atoms with E-state index in [-0.39, 0.29) is 12.4 Å². The van der Waals surface area contributed by atoms with Crippen molar-refractivity contribution in [3.8, 4) is 0 Å². The lowest BCUT2D eigenvalue weighted by molar-refractivity contribution is 0.171. The molecule has 1 atom stereocenters. The van der Waals surface area contributed by atoms with Crippen molar-refractivity contribution in [2.24, 2.45) is 16.3 Å². The molecule has 0 saturated carbocycles. The first-order valence-corrected chi connectivity index (χ1v) is 6.75. The largest absolute Gasteiger partial charge is 0.409 e. The van der Waals surface area contributed by atoms with Crippen LogP contribution in [0.2, 0.25) is 0 Å². The molecule has 0 spiro atoms. The van der Waals surface area contributed by atoms with E-state index in [0.717, 1.165) is 5.56 Å². The molecule has 0 aliphatic heterocycles. The van der Waals surface area contributed by atoms with Gasteiger partial charge in [0.25, 0.3) is 0 Å². The van der Waals surface area contributed by atoms with E-state index in [0.29, 0.717) is 13.0 Å². The number of hydrogen-bond acceptors (Lipinski definition) is 4. The fourth-order valence-corrected chi connectivity index (χ4v) is 1.97. The van der Waals surface area contributed by atoms with Crippen LogP contribution < -0.4 is 11.1 Å². The van der Waals surface area contributed by atoms with Gasteiger partial charge in [-0.05, 0) is 25.5 Å². The second kappa shape index (κ2) is 6.72. The highest BCUT2D eigenvalue weighted by Gasteiger charge is 2.28. The molecule has 0 aromatic heterocycles. The average Bonchev–Trinajstić information content (AvgIpc) is 2.46. The van der Waals surface area contributed by atoms with Crippen molar-refractivity contribution in [2.45, 2.75) is 32.7 Å². The van der Waals surface area contributed by atoms with E-state index < -0.39 is 11.0 Å². The lowest BCUT2D eigenvalue weighted by Gasteiger charge is -2.31. The van der Waals surface area contributed by atoms with Crippen LogP contribution in [0.1, 0.15) is 32.8 Å². The van der Waals surface area contributed by atoms with Crippen LogP contribution in [0.25, 0.3) is 0 Å². The van der Waals surface area contributed by atoms with E-state index in [2.05, 4.69) is 10.5 Å². The van der Waals surface area contributed by atoms with Crippen LogP contribution in [0, 0.1) is 5.41 Å². The summed E-state index contributed by atoms with van der Waals surface area (Å²) in [6, 6.07) is 9.81. The Morgan fingerprint density at radius 1 is 1.25 bits per heavy atom. The number of nitrogens with zero attached hydrogens (tertiary/aromatic N) is 1. The number of aliphatic hydroxyl groups is 1. The van der Waals surface area contributed by atoms with Crippen molar-refractivity contribution >= 4 is 5.84 Å². The molecule has 112 valence electrons. The van der Waals surface area contributed by atoms with Crippen LogP contribution in [0.3, 0.4) is 0 Å². The molecule has 0 fully saturated rings. The van der Waals surface area contributed by atoms with Crippen LogP contribution in [-0.2, 0) is 5.54 Å². The van der Waals surface area contributed by atoms with Crippen LogP contribution >= 0.6 is 0 Å². The molecule has 0 heterocycles. The first kappa shape index (κ1) is 16.5.